The summed E-state index contributed by atoms with van der Waals surface area (Å²) in [5.41, 5.74) is 4.17. The molecule has 4 aromatic carbocycles. The van der Waals surface area contributed by atoms with E-state index in [2.05, 4.69) is 5.32 Å². The van der Waals surface area contributed by atoms with Gasteiger partial charge in [0.25, 0.3) is 0 Å². The summed E-state index contributed by atoms with van der Waals surface area (Å²) in [5.74, 6) is 0.431. The predicted octanol–water partition coefficient (Wildman–Crippen LogP) is 6.58. The number of hydrogen-bond acceptors (Lipinski definition) is 6. The van der Waals surface area contributed by atoms with E-state index in [9.17, 15) is 13.2 Å². The van der Waals surface area contributed by atoms with Crippen molar-refractivity contribution in [1.29, 1.82) is 0 Å². The molecule has 0 fully saturated rings. The number of sulfone groups is 1. The zero-order valence-electron chi connectivity index (χ0n) is 22.1. The van der Waals surface area contributed by atoms with E-state index in [1.807, 2.05) is 75.3 Å². The summed E-state index contributed by atoms with van der Waals surface area (Å²) < 4.78 is 32.9. The molecule has 0 aromatic heterocycles. The van der Waals surface area contributed by atoms with Crippen LogP contribution in [0, 0.1) is 13.8 Å². The number of rotatable bonds is 7. The minimum Gasteiger partial charge on any atom is -0.410 e. The van der Waals surface area contributed by atoms with Crippen LogP contribution < -0.4 is 19.9 Å². The second-order valence-electron chi connectivity index (χ2n) is 9.21. The lowest BCUT2D eigenvalue weighted by Gasteiger charge is -2.20. The number of anilines is 4. The molecule has 0 saturated heterocycles. The Balaban J connectivity index is 1.66. The number of nitrogens with zero attached hydrogens (tertiary/aromatic N) is 2. The summed E-state index contributed by atoms with van der Waals surface area (Å²) in [5, 5.41) is 3.30. The Morgan fingerprint density at radius 1 is 0.737 bits per heavy atom. The topological polar surface area (TPSA) is 79.0 Å². The third kappa shape index (κ3) is 5.65. The number of amides is 1. The maximum atomic E-state index is 13.6. The van der Waals surface area contributed by atoms with Gasteiger partial charge in [-0.05, 0) is 79.6 Å². The van der Waals surface area contributed by atoms with E-state index < -0.39 is 15.9 Å². The lowest BCUT2D eigenvalue weighted by atomic mass is 10.1. The highest BCUT2D eigenvalue weighted by atomic mass is 32.2. The monoisotopic (exact) mass is 529 g/mol. The van der Waals surface area contributed by atoms with Crippen LogP contribution in [0.2, 0.25) is 0 Å². The van der Waals surface area contributed by atoms with Crippen molar-refractivity contribution in [2.75, 3.05) is 36.3 Å². The van der Waals surface area contributed by atoms with E-state index in [-0.39, 0.29) is 9.79 Å². The maximum absolute atomic E-state index is 13.6. The van der Waals surface area contributed by atoms with Gasteiger partial charge in [0, 0.05) is 38.2 Å². The molecular weight excluding hydrogens is 498 g/mol. The highest BCUT2D eigenvalue weighted by molar-refractivity contribution is 7.91. The predicted molar refractivity (Wildman–Crippen MR) is 153 cm³/mol. The van der Waals surface area contributed by atoms with Gasteiger partial charge in [-0.1, -0.05) is 36.4 Å². The smallest absolute Gasteiger partial charge is 0.410 e. The SMILES string of the molecule is Cc1cc(OC(=O)N(C)c2ccccc2)c(C)cc1Nc1ccc(N(C)C)cc1S(=O)(=O)c1ccccc1. The van der Waals surface area contributed by atoms with E-state index >= 15 is 0 Å². The second kappa shape index (κ2) is 11.0. The van der Waals surface area contributed by atoms with Gasteiger partial charge in [-0.3, -0.25) is 4.90 Å². The van der Waals surface area contributed by atoms with E-state index in [1.165, 1.54) is 4.90 Å². The van der Waals surface area contributed by atoms with Crippen LogP contribution >= 0.6 is 0 Å². The van der Waals surface area contributed by atoms with Crippen molar-refractivity contribution in [2.24, 2.45) is 0 Å². The summed E-state index contributed by atoms with van der Waals surface area (Å²) in [6, 6.07) is 26.5. The van der Waals surface area contributed by atoms with Crippen molar-refractivity contribution in [3.63, 3.8) is 0 Å². The molecule has 0 aliphatic rings. The molecule has 0 radical (unpaired) electrons. The van der Waals surface area contributed by atoms with Crippen LogP contribution in [0.3, 0.4) is 0 Å². The Labute approximate surface area is 224 Å². The first kappa shape index (κ1) is 26.8. The first-order chi connectivity index (χ1) is 18.1. The molecule has 0 aliphatic carbocycles. The number of aryl methyl sites for hydroxylation is 2. The average molecular weight is 530 g/mol. The number of carbonyl (C=O) groups is 1. The van der Waals surface area contributed by atoms with Gasteiger partial charge in [0.1, 0.15) is 5.75 Å². The Bertz CT molecular complexity index is 1550. The average Bonchev–Trinajstić information content (AvgIpc) is 2.92. The zero-order valence-corrected chi connectivity index (χ0v) is 22.9. The maximum Gasteiger partial charge on any atom is 0.419 e. The summed E-state index contributed by atoms with van der Waals surface area (Å²) in [4.78, 5) is 16.4. The third-order valence-corrected chi connectivity index (χ3v) is 8.04. The Hall–Kier alpha value is -4.30. The van der Waals surface area contributed by atoms with Crippen LogP contribution in [-0.4, -0.2) is 35.7 Å². The molecule has 4 rings (SSSR count). The fourth-order valence-corrected chi connectivity index (χ4v) is 5.39. The van der Waals surface area contributed by atoms with E-state index in [0.29, 0.717) is 17.1 Å². The molecule has 7 nitrogen and oxygen atoms in total. The number of hydrogen-bond donors (Lipinski definition) is 1. The molecular formula is C30H31N3O4S. The van der Waals surface area contributed by atoms with Gasteiger partial charge in [-0.15, -0.1) is 0 Å². The molecule has 0 saturated carbocycles. The van der Waals surface area contributed by atoms with Gasteiger partial charge < -0.3 is 15.0 Å². The largest absolute Gasteiger partial charge is 0.419 e. The van der Waals surface area contributed by atoms with Crippen molar-refractivity contribution in [2.45, 2.75) is 23.6 Å². The van der Waals surface area contributed by atoms with Crippen LogP contribution in [0.4, 0.5) is 27.5 Å². The fourth-order valence-electron chi connectivity index (χ4n) is 3.94. The van der Waals surface area contributed by atoms with Crippen LogP contribution in [0.1, 0.15) is 11.1 Å². The highest BCUT2D eigenvalue weighted by Gasteiger charge is 2.23. The van der Waals surface area contributed by atoms with Crippen LogP contribution in [-0.2, 0) is 9.84 Å². The summed E-state index contributed by atoms with van der Waals surface area (Å²) in [6.45, 7) is 3.71. The molecule has 38 heavy (non-hydrogen) atoms. The van der Waals surface area contributed by atoms with E-state index in [1.54, 1.807) is 55.6 Å². The van der Waals surface area contributed by atoms with Gasteiger partial charge in [0.05, 0.1) is 15.5 Å². The molecule has 0 heterocycles. The van der Waals surface area contributed by atoms with Crippen LogP contribution in [0.15, 0.2) is 101 Å². The molecule has 0 atom stereocenters. The van der Waals surface area contributed by atoms with Gasteiger partial charge in [0.2, 0.25) is 9.84 Å². The lowest BCUT2D eigenvalue weighted by molar-refractivity contribution is 0.208. The highest BCUT2D eigenvalue weighted by Crippen LogP contribution is 2.35. The number of ether oxygens (including phenoxy) is 1. The molecule has 0 unspecified atom stereocenters. The standard InChI is InChI=1S/C30H31N3O4S/c1-21-19-28(37-30(34)33(5)23-12-8-6-9-13-23)22(2)18-27(21)31-26-17-16-24(32(3)4)20-29(26)38(35,36)25-14-10-7-11-15-25/h6-20,31H,1-5H3. The molecule has 4 aromatic rings. The van der Waals surface area contributed by atoms with Crippen molar-refractivity contribution in [1.82, 2.24) is 0 Å². The van der Waals surface area contributed by atoms with Crippen LogP contribution in [0.25, 0.3) is 0 Å². The first-order valence-corrected chi connectivity index (χ1v) is 13.6. The Morgan fingerprint density at radius 2 is 1.37 bits per heavy atom. The lowest BCUT2D eigenvalue weighted by Crippen LogP contribution is -2.29. The minimum atomic E-state index is -3.79. The van der Waals surface area contributed by atoms with Gasteiger partial charge in [-0.2, -0.15) is 0 Å². The summed E-state index contributed by atoms with van der Waals surface area (Å²) >= 11 is 0. The molecule has 0 bridgehead atoms. The quantitative estimate of drug-likeness (QED) is 0.291. The molecule has 0 aliphatic heterocycles. The summed E-state index contributed by atoms with van der Waals surface area (Å²) in [6.07, 6.45) is -0.505. The normalized spacial score (nSPS) is 11.1. The van der Waals surface area contributed by atoms with Gasteiger partial charge >= 0.3 is 6.09 Å². The molecule has 1 amide bonds. The molecule has 8 heteroatoms. The van der Waals surface area contributed by atoms with Crippen molar-refractivity contribution in [3.8, 4) is 5.75 Å². The van der Waals surface area contributed by atoms with Gasteiger partial charge in [0.15, 0.2) is 0 Å². The number of para-hydroxylation sites is 1. The molecule has 1 N–H and O–H groups in total. The fraction of sp³-hybridized carbons (Fsp3) is 0.167. The Kier molecular flexibility index (Phi) is 7.73. The first-order valence-electron chi connectivity index (χ1n) is 12.1. The third-order valence-electron chi connectivity index (χ3n) is 6.23. The van der Waals surface area contributed by atoms with Gasteiger partial charge in [-0.25, -0.2) is 13.2 Å². The number of carbonyl (C=O) groups excluding carboxylic acids is 1. The van der Waals surface area contributed by atoms with Crippen molar-refractivity contribution in [3.05, 3.63) is 102 Å². The minimum absolute atomic E-state index is 0.173. The molecule has 196 valence electrons. The van der Waals surface area contributed by atoms with E-state index in [0.717, 1.165) is 22.5 Å². The van der Waals surface area contributed by atoms with Crippen LogP contribution in [0.5, 0.6) is 5.75 Å². The number of benzene rings is 4. The Morgan fingerprint density at radius 3 is 2.00 bits per heavy atom. The van der Waals surface area contributed by atoms with Crippen molar-refractivity contribution < 1.29 is 17.9 Å². The van der Waals surface area contributed by atoms with Crippen molar-refractivity contribution >= 4 is 38.7 Å². The zero-order chi connectivity index (χ0) is 27.4. The number of nitrogens with one attached hydrogen (secondary N) is 1. The molecule has 0 spiro atoms. The second-order valence-corrected chi connectivity index (χ2v) is 11.1. The van der Waals surface area contributed by atoms with E-state index in [4.69, 9.17) is 4.74 Å². The summed E-state index contributed by atoms with van der Waals surface area (Å²) in [7, 11) is 1.59.